The van der Waals surface area contributed by atoms with Gasteiger partial charge < -0.3 is 19.4 Å². The van der Waals surface area contributed by atoms with E-state index in [1.165, 1.54) is 23.5 Å². The van der Waals surface area contributed by atoms with Crippen LogP contribution < -0.4 is 9.80 Å². The predicted octanol–water partition coefficient (Wildman–Crippen LogP) is 5.95. The Morgan fingerprint density at radius 1 is 1.24 bits per heavy atom. The summed E-state index contributed by atoms with van der Waals surface area (Å²) in [6.07, 6.45) is 0.367. The SMILES string of the molecule is CCc1nn2c(C)cc(N3CCN(C(=O)OC(C)(C)C)[C@@H](C)C3)nc2c1N(C)c1nc(-c2ccc(F)cc2)c(C#N)s1. The number of hydrogen-bond acceptors (Lipinski definition) is 9. The van der Waals surface area contributed by atoms with E-state index in [2.05, 4.69) is 11.0 Å². The second-order valence-electron chi connectivity index (χ2n) is 11.5. The number of nitriles is 1. The van der Waals surface area contributed by atoms with Crippen LogP contribution in [0.15, 0.2) is 30.3 Å². The molecule has 10 nitrogen and oxygen atoms in total. The molecule has 0 bridgehead atoms. The van der Waals surface area contributed by atoms with Crippen LogP contribution in [0, 0.1) is 24.1 Å². The molecule has 1 aliphatic rings. The molecule has 4 heterocycles. The zero-order valence-corrected chi connectivity index (χ0v) is 25.8. The lowest BCUT2D eigenvalue weighted by Gasteiger charge is -2.40. The molecule has 1 atom stereocenters. The summed E-state index contributed by atoms with van der Waals surface area (Å²) in [7, 11) is 1.90. The van der Waals surface area contributed by atoms with E-state index < -0.39 is 5.60 Å². The van der Waals surface area contributed by atoms with Crippen molar-refractivity contribution in [2.75, 3.05) is 36.5 Å². The van der Waals surface area contributed by atoms with Crippen molar-refractivity contribution in [3.63, 3.8) is 0 Å². The van der Waals surface area contributed by atoms with E-state index in [1.807, 2.05) is 64.1 Å². The zero-order chi connectivity index (χ0) is 30.3. The fourth-order valence-electron chi connectivity index (χ4n) is 5.11. The maximum Gasteiger partial charge on any atom is 0.410 e. The van der Waals surface area contributed by atoms with Crippen LogP contribution in [-0.4, -0.2) is 68.9 Å². The van der Waals surface area contributed by atoms with Crippen molar-refractivity contribution in [2.24, 2.45) is 0 Å². The molecule has 1 saturated heterocycles. The van der Waals surface area contributed by atoms with Crippen molar-refractivity contribution in [3.05, 3.63) is 52.4 Å². The minimum absolute atomic E-state index is 0.0604. The lowest BCUT2D eigenvalue weighted by atomic mass is 10.1. The Bertz CT molecular complexity index is 1670. The number of piperazine rings is 1. The van der Waals surface area contributed by atoms with Gasteiger partial charge >= 0.3 is 6.09 Å². The Morgan fingerprint density at radius 3 is 2.57 bits per heavy atom. The van der Waals surface area contributed by atoms with Crippen molar-refractivity contribution in [1.82, 2.24) is 24.5 Å². The molecule has 1 amide bonds. The molecule has 1 fully saturated rings. The summed E-state index contributed by atoms with van der Waals surface area (Å²) in [5.41, 5.74) is 3.91. The molecule has 0 spiro atoms. The van der Waals surface area contributed by atoms with Gasteiger partial charge in [-0.25, -0.2) is 23.7 Å². The third-order valence-electron chi connectivity index (χ3n) is 7.17. The zero-order valence-electron chi connectivity index (χ0n) is 25.0. The molecule has 0 N–H and O–H groups in total. The predicted molar refractivity (Wildman–Crippen MR) is 162 cm³/mol. The number of thiazole rings is 1. The number of nitrogens with zero attached hydrogens (tertiary/aromatic N) is 8. The fraction of sp³-hybridized carbons (Fsp3) is 0.433. The minimum Gasteiger partial charge on any atom is -0.444 e. The van der Waals surface area contributed by atoms with Gasteiger partial charge in [-0.3, -0.25) is 0 Å². The normalized spacial score (nSPS) is 15.6. The monoisotopic (exact) mass is 590 g/mol. The first-order chi connectivity index (χ1) is 19.9. The summed E-state index contributed by atoms with van der Waals surface area (Å²) in [5.74, 6) is 0.457. The van der Waals surface area contributed by atoms with Gasteiger partial charge in [0.15, 0.2) is 10.8 Å². The topological polar surface area (TPSA) is 103 Å². The molecular formula is C30H35FN8O2S. The number of carbonyl (C=O) groups excluding carboxylic acids is 1. The number of aromatic nitrogens is 4. The number of anilines is 3. The Hall–Kier alpha value is -4.24. The first kappa shape index (κ1) is 29.3. The molecule has 5 rings (SSSR count). The van der Waals surface area contributed by atoms with Gasteiger partial charge in [-0.1, -0.05) is 18.3 Å². The summed E-state index contributed by atoms with van der Waals surface area (Å²) in [5, 5.41) is 15.3. The molecule has 0 radical (unpaired) electrons. The third-order valence-corrected chi connectivity index (χ3v) is 8.21. The Labute approximate surface area is 249 Å². The second kappa shape index (κ2) is 11.2. The van der Waals surface area contributed by atoms with Crippen LogP contribution in [0.3, 0.4) is 0 Å². The number of halogens is 1. The number of hydrogen-bond donors (Lipinski definition) is 0. The van der Waals surface area contributed by atoms with Gasteiger partial charge in [-0.15, -0.1) is 0 Å². The summed E-state index contributed by atoms with van der Waals surface area (Å²) >= 11 is 1.27. The number of carbonyl (C=O) groups is 1. The van der Waals surface area contributed by atoms with Crippen LogP contribution in [0.2, 0.25) is 0 Å². The van der Waals surface area contributed by atoms with Crippen LogP contribution in [0.4, 0.5) is 25.8 Å². The van der Waals surface area contributed by atoms with Crippen molar-refractivity contribution < 1.29 is 13.9 Å². The van der Waals surface area contributed by atoms with Crippen molar-refractivity contribution in [3.8, 4) is 17.3 Å². The maximum absolute atomic E-state index is 13.5. The van der Waals surface area contributed by atoms with Crippen molar-refractivity contribution in [2.45, 2.75) is 59.6 Å². The standard InChI is InChI=1S/C30H35FN8O2S/c1-8-22-26(36(7)28-34-25(23(16-32)42-28)20-9-11-21(31)12-10-20)27-33-24(15-18(2)39(27)35-22)37-13-14-38(19(3)17-37)29(40)41-30(4,5)6/h9-12,15,19H,8,13-14,17H2,1-7H3/t19-/m0/s1. The highest BCUT2D eigenvalue weighted by Gasteiger charge is 2.32. The summed E-state index contributed by atoms with van der Waals surface area (Å²) in [4.78, 5) is 28.9. The van der Waals surface area contributed by atoms with E-state index in [4.69, 9.17) is 19.8 Å². The quantitative estimate of drug-likeness (QED) is 0.281. The first-order valence-corrected chi connectivity index (χ1v) is 14.8. The number of rotatable bonds is 5. The van der Waals surface area contributed by atoms with Crippen LogP contribution >= 0.6 is 11.3 Å². The van der Waals surface area contributed by atoms with Crippen LogP contribution in [0.5, 0.6) is 0 Å². The highest BCUT2D eigenvalue weighted by atomic mass is 32.1. The smallest absolute Gasteiger partial charge is 0.410 e. The van der Waals surface area contributed by atoms with E-state index in [0.29, 0.717) is 53.0 Å². The van der Waals surface area contributed by atoms with Gasteiger partial charge in [0.25, 0.3) is 0 Å². The number of ether oxygens (including phenoxy) is 1. The first-order valence-electron chi connectivity index (χ1n) is 13.9. The molecule has 1 aliphatic heterocycles. The molecule has 12 heteroatoms. The summed E-state index contributed by atoms with van der Waals surface area (Å²) in [6.45, 7) is 13.4. The third kappa shape index (κ3) is 5.61. The lowest BCUT2D eigenvalue weighted by Crippen LogP contribution is -2.55. The minimum atomic E-state index is -0.551. The van der Waals surface area contributed by atoms with E-state index in [1.54, 1.807) is 17.0 Å². The molecule has 0 unspecified atom stereocenters. The molecule has 42 heavy (non-hydrogen) atoms. The number of aryl methyl sites for hydroxylation is 2. The Kier molecular flexibility index (Phi) is 7.81. The molecule has 1 aromatic carbocycles. The van der Waals surface area contributed by atoms with Gasteiger partial charge in [0.05, 0.1) is 5.69 Å². The van der Waals surface area contributed by atoms with Crippen molar-refractivity contribution in [1.29, 1.82) is 5.26 Å². The van der Waals surface area contributed by atoms with Gasteiger partial charge in [-0.05, 0) is 65.3 Å². The van der Waals surface area contributed by atoms with E-state index in [9.17, 15) is 14.4 Å². The Balaban J connectivity index is 1.49. The average molecular weight is 591 g/mol. The summed E-state index contributed by atoms with van der Waals surface area (Å²) < 4.78 is 21.0. The van der Waals surface area contributed by atoms with Crippen LogP contribution in [-0.2, 0) is 11.2 Å². The largest absolute Gasteiger partial charge is 0.444 e. The Morgan fingerprint density at radius 2 is 1.95 bits per heavy atom. The lowest BCUT2D eigenvalue weighted by molar-refractivity contribution is 0.0158. The second-order valence-corrected chi connectivity index (χ2v) is 12.4. The number of benzene rings is 1. The van der Waals surface area contributed by atoms with Crippen LogP contribution in [0.25, 0.3) is 16.9 Å². The summed E-state index contributed by atoms with van der Waals surface area (Å²) in [6, 6.07) is 10.2. The maximum atomic E-state index is 13.5. The van der Waals surface area contributed by atoms with Crippen molar-refractivity contribution >= 4 is 39.7 Å². The van der Waals surface area contributed by atoms with E-state index >= 15 is 0 Å². The molecule has 0 saturated carbocycles. The molecular weight excluding hydrogens is 555 g/mol. The molecule has 220 valence electrons. The van der Waals surface area contributed by atoms with E-state index in [0.717, 1.165) is 22.9 Å². The fourth-order valence-corrected chi connectivity index (χ4v) is 5.96. The number of fused-ring (bicyclic) bond motifs is 1. The van der Waals surface area contributed by atoms with Crippen LogP contribution in [0.1, 0.15) is 50.9 Å². The van der Waals surface area contributed by atoms with Gasteiger partial charge in [0, 0.05) is 50.0 Å². The van der Waals surface area contributed by atoms with Gasteiger partial charge in [-0.2, -0.15) is 10.4 Å². The molecule has 0 aliphatic carbocycles. The highest BCUT2D eigenvalue weighted by molar-refractivity contribution is 7.16. The molecule has 4 aromatic rings. The average Bonchev–Trinajstić information content (AvgIpc) is 3.54. The highest BCUT2D eigenvalue weighted by Crippen LogP contribution is 2.38. The van der Waals surface area contributed by atoms with Gasteiger partial charge in [0.2, 0.25) is 0 Å². The molecule has 3 aromatic heterocycles. The van der Waals surface area contributed by atoms with Gasteiger partial charge in [0.1, 0.15) is 39.6 Å². The number of amides is 1. The van der Waals surface area contributed by atoms with E-state index in [-0.39, 0.29) is 18.0 Å².